The first-order chi connectivity index (χ1) is 12.3. The maximum Gasteiger partial charge on any atom is 0.177 e. The second-order valence-corrected chi connectivity index (χ2v) is 6.72. The standard InChI is InChI=1S/C19H24N6/c1-16(7-8-17-5-3-2-4-6-17)23-11-13-24(14-12-23)19-10-9-18-21-20-15-25(18)22-19/h2-6,9-10,15-16H,7-8,11-14H2,1H3/t16-/m0/s1. The van der Waals surface area contributed by atoms with Gasteiger partial charge in [0.25, 0.3) is 0 Å². The van der Waals surface area contributed by atoms with Crippen LogP contribution in [0.1, 0.15) is 18.9 Å². The van der Waals surface area contributed by atoms with Crippen LogP contribution in [0.2, 0.25) is 0 Å². The molecule has 1 aliphatic rings. The molecule has 0 saturated carbocycles. The van der Waals surface area contributed by atoms with Crippen molar-refractivity contribution >= 4 is 11.5 Å². The van der Waals surface area contributed by atoms with Gasteiger partial charge in [-0.1, -0.05) is 30.3 Å². The summed E-state index contributed by atoms with van der Waals surface area (Å²) in [6.07, 6.45) is 4.00. The minimum absolute atomic E-state index is 0.607. The Labute approximate surface area is 148 Å². The van der Waals surface area contributed by atoms with Crippen LogP contribution in [-0.4, -0.2) is 56.9 Å². The lowest BCUT2D eigenvalue weighted by Gasteiger charge is -2.38. The third kappa shape index (κ3) is 3.64. The lowest BCUT2D eigenvalue weighted by molar-refractivity contribution is 0.188. The van der Waals surface area contributed by atoms with E-state index in [4.69, 9.17) is 0 Å². The topological polar surface area (TPSA) is 49.6 Å². The van der Waals surface area contributed by atoms with Gasteiger partial charge in [0, 0.05) is 32.2 Å². The molecule has 1 aliphatic heterocycles. The van der Waals surface area contributed by atoms with E-state index in [0.717, 1.165) is 44.1 Å². The highest BCUT2D eigenvalue weighted by atomic mass is 15.4. The van der Waals surface area contributed by atoms with Crippen LogP contribution in [0.15, 0.2) is 48.8 Å². The van der Waals surface area contributed by atoms with Gasteiger partial charge in [-0.15, -0.1) is 15.3 Å². The summed E-state index contributed by atoms with van der Waals surface area (Å²) in [5.41, 5.74) is 2.22. The molecule has 0 unspecified atom stereocenters. The molecule has 1 aromatic carbocycles. The molecule has 1 fully saturated rings. The van der Waals surface area contributed by atoms with E-state index in [0.29, 0.717) is 6.04 Å². The van der Waals surface area contributed by atoms with E-state index in [-0.39, 0.29) is 0 Å². The Kier molecular flexibility index (Phi) is 4.61. The fourth-order valence-electron chi connectivity index (χ4n) is 3.48. The Balaban J connectivity index is 1.31. The zero-order valence-corrected chi connectivity index (χ0v) is 14.6. The van der Waals surface area contributed by atoms with Crippen LogP contribution in [-0.2, 0) is 6.42 Å². The van der Waals surface area contributed by atoms with E-state index >= 15 is 0 Å². The minimum atomic E-state index is 0.607. The average Bonchev–Trinajstić information content (AvgIpc) is 3.15. The maximum atomic E-state index is 4.60. The van der Waals surface area contributed by atoms with E-state index in [1.807, 2.05) is 12.1 Å². The molecule has 130 valence electrons. The Hall–Kier alpha value is -2.47. The molecule has 4 rings (SSSR count). The Morgan fingerprint density at radius 3 is 2.60 bits per heavy atom. The Morgan fingerprint density at radius 1 is 1.00 bits per heavy atom. The number of fused-ring (bicyclic) bond motifs is 1. The molecule has 0 bridgehead atoms. The maximum absolute atomic E-state index is 4.60. The van der Waals surface area contributed by atoms with Crippen molar-refractivity contribution < 1.29 is 0 Å². The molecule has 6 nitrogen and oxygen atoms in total. The van der Waals surface area contributed by atoms with Gasteiger partial charge in [0.05, 0.1) is 0 Å². The van der Waals surface area contributed by atoms with E-state index in [2.05, 4.69) is 62.4 Å². The van der Waals surface area contributed by atoms with Crippen molar-refractivity contribution in [2.75, 3.05) is 31.1 Å². The molecule has 3 aromatic rings. The summed E-state index contributed by atoms with van der Waals surface area (Å²) < 4.78 is 1.74. The zero-order chi connectivity index (χ0) is 17.1. The van der Waals surface area contributed by atoms with Gasteiger partial charge in [0.1, 0.15) is 12.1 Å². The van der Waals surface area contributed by atoms with Crippen LogP contribution in [0.5, 0.6) is 0 Å². The number of hydrogen-bond donors (Lipinski definition) is 0. The van der Waals surface area contributed by atoms with Crippen molar-refractivity contribution in [1.29, 1.82) is 0 Å². The lowest BCUT2D eigenvalue weighted by atomic mass is 10.0. The summed E-state index contributed by atoms with van der Waals surface area (Å²) in [6, 6.07) is 15.4. The molecule has 0 radical (unpaired) electrons. The van der Waals surface area contributed by atoms with Crippen molar-refractivity contribution in [2.24, 2.45) is 0 Å². The molecule has 0 N–H and O–H groups in total. The van der Waals surface area contributed by atoms with Gasteiger partial charge < -0.3 is 4.90 Å². The first-order valence-corrected chi connectivity index (χ1v) is 8.99. The Bertz CT molecular complexity index is 807. The van der Waals surface area contributed by atoms with Crippen LogP contribution >= 0.6 is 0 Å². The number of rotatable bonds is 5. The number of nitrogens with zero attached hydrogens (tertiary/aromatic N) is 6. The summed E-state index contributed by atoms with van der Waals surface area (Å²) in [6.45, 7) is 6.53. The highest BCUT2D eigenvalue weighted by Crippen LogP contribution is 2.17. The molecule has 1 atom stereocenters. The summed E-state index contributed by atoms with van der Waals surface area (Å²) in [4.78, 5) is 4.94. The zero-order valence-electron chi connectivity index (χ0n) is 14.6. The average molecular weight is 336 g/mol. The van der Waals surface area contributed by atoms with Crippen LogP contribution in [0.4, 0.5) is 5.82 Å². The third-order valence-corrected chi connectivity index (χ3v) is 5.10. The molecule has 3 heterocycles. The molecule has 25 heavy (non-hydrogen) atoms. The van der Waals surface area contributed by atoms with Crippen molar-refractivity contribution in [3.8, 4) is 0 Å². The first-order valence-electron chi connectivity index (χ1n) is 8.99. The summed E-state index contributed by atoms with van der Waals surface area (Å²) in [5, 5.41) is 12.5. The van der Waals surface area contributed by atoms with E-state index in [1.54, 1.807) is 10.8 Å². The smallest absolute Gasteiger partial charge is 0.177 e. The Morgan fingerprint density at radius 2 is 1.80 bits per heavy atom. The van der Waals surface area contributed by atoms with Gasteiger partial charge in [0.15, 0.2) is 5.65 Å². The fraction of sp³-hybridized carbons (Fsp3) is 0.421. The van der Waals surface area contributed by atoms with Gasteiger partial charge >= 0.3 is 0 Å². The second-order valence-electron chi connectivity index (χ2n) is 6.72. The van der Waals surface area contributed by atoms with E-state index in [9.17, 15) is 0 Å². The number of aromatic nitrogens is 4. The van der Waals surface area contributed by atoms with Crippen LogP contribution in [0.25, 0.3) is 5.65 Å². The lowest BCUT2D eigenvalue weighted by Crippen LogP contribution is -2.50. The monoisotopic (exact) mass is 336 g/mol. The van der Waals surface area contributed by atoms with Crippen molar-refractivity contribution in [2.45, 2.75) is 25.8 Å². The van der Waals surface area contributed by atoms with E-state index in [1.165, 1.54) is 12.0 Å². The molecule has 6 heteroatoms. The van der Waals surface area contributed by atoms with Gasteiger partial charge in [-0.2, -0.15) is 4.52 Å². The van der Waals surface area contributed by atoms with Crippen molar-refractivity contribution in [3.63, 3.8) is 0 Å². The highest BCUT2D eigenvalue weighted by Gasteiger charge is 2.22. The largest absolute Gasteiger partial charge is 0.353 e. The quantitative estimate of drug-likeness (QED) is 0.715. The molecule has 1 saturated heterocycles. The van der Waals surface area contributed by atoms with E-state index < -0.39 is 0 Å². The molecule has 0 amide bonds. The summed E-state index contributed by atoms with van der Waals surface area (Å²) in [5.74, 6) is 1.00. The molecular weight excluding hydrogens is 312 g/mol. The molecule has 0 aliphatic carbocycles. The van der Waals surface area contributed by atoms with Crippen molar-refractivity contribution in [1.82, 2.24) is 24.7 Å². The molecule has 0 spiro atoms. The number of anilines is 1. The summed E-state index contributed by atoms with van der Waals surface area (Å²) in [7, 11) is 0. The van der Waals surface area contributed by atoms with Gasteiger partial charge in [0.2, 0.25) is 0 Å². The third-order valence-electron chi connectivity index (χ3n) is 5.10. The number of benzene rings is 1. The van der Waals surface area contributed by atoms with Gasteiger partial charge in [-0.05, 0) is 37.5 Å². The number of aryl methyl sites for hydroxylation is 1. The molecule has 2 aromatic heterocycles. The van der Waals surface area contributed by atoms with Crippen LogP contribution in [0, 0.1) is 0 Å². The van der Waals surface area contributed by atoms with Gasteiger partial charge in [-0.25, -0.2) is 0 Å². The van der Waals surface area contributed by atoms with Crippen LogP contribution < -0.4 is 4.90 Å². The fourth-order valence-corrected chi connectivity index (χ4v) is 3.48. The van der Waals surface area contributed by atoms with Gasteiger partial charge in [-0.3, -0.25) is 4.90 Å². The second kappa shape index (κ2) is 7.19. The summed E-state index contributed by atoms with van der Waals surface area (Å²) >= 11 is 0. The highest BCUT2D eigenvalue weighted by molar-refractivity contribution is 5.45. The van der Waals surface area contributed by atoms with Crippen LogP contribution in [0.3, 0.4) is 0 Å². The predicted octanol–water partition coefficient (Wildman–Crippen LogP) is 2.27. The first kappa shape index (κ1) is 16.0. The number of piperazine rings is 1. The number of hydrogen-bond acceptors (Lipinski definition) is 5. The molecular formula is C19H24N6. The SMILES string of the molecule is C[C@@H](CCc1ccccc1)N1CCN(c2ccc3nncn3n2)CC1. The minimum Gasteiger partial charge on any atom is -0.353 e. The normalized spacial score (nSPS) is 17.1. The van der Waals surface area contributed by atoms with Crippen molar-refractivity contribution in [3.05, 3.63) is 54.4 Å². The predicted molar refractivity (Wildman–Crippen MR) is 98.8 cm³/mol.